The van der Waals surface area contributed by atoms with Crippen molar-refractivity contribution in [3.8, 4) is 50.2 Å². The second kappa shape index (κ2) is 15.8. The lowest BCUT2D eigenvalue weighted by Gasteiger charge is -2.27. The van der Waals surface area contributed by atoms with Gasteiger partial charge >= 0.3 is 0 Å². The topological polar surface area (TPSA) is 8.17 Å². The molecular weight excluding hydrogens is 773 g/mol. The van der Waals surface area contributed by atoms with Crippen molar-refractivity contribution < 1.29 is 0 Å². The number of anilines is 3. The van der Waals surface area contributed by atoms with Crippen molar-refractivity contribution in [3.63, 3.8) is 0 Å². The molecule has 0 aliphatic heterocycles. The Morgan fingerprint density at radius 1 is 0.266 bits per heavy atom. The van der Waals surface area contributed by atoms with Crippen molar-refractivity contribution in [2.75, 3.05) is 4.90 Å². The average molecular weight is 815 g/mol. The van der Waals surface area contributed by atoms with Gasteiger partial charge in [-0.25, -0.2) is 0 Å². The van der Waals surface area contributed by atoms with Crippen LogP contribution in [0.2, 0.25) is 0 Å². The van der Waals surface area contributed by atoms with Crippen molar-refractivity contribution >= 4 is 60.4 Å². The Balaban J connectivity index is 0.968. The first-order valence-electron chi connectivity index (χ1n) is 22.0. The minimum absolute atomic E-state index is 1.08. The quantitative estimate of drug-likeness (QED) is 0.148. The fourth-order valence-electron chi connectivity index (χ4n) is 9.79. The summed E-state index contributed by atoms with van der Waals surface area (Å²) < 4.78 is 2.39. The van der Waals surface area contributed by atoms with Crippen LogP contribution in [0.1, 0.15) is 0 Å². The van der Waals surface area contributed by atoms with Gasteiger partial charge in [-0.3, -0.25) is 0 Å². The Morgan fingerprint density at radius 3 is 1.45 bits per heavy atom. The van der Waals surface area contributed by atoms with Gasteiger partial charge in [0.05, 0.1) is 11.0 Å². The molecule has 0 bridgehead atoms. The van der Waals surface area contributed by atoms with Gasteiger partial charge in [0.25, 0.3) is 0 Å². The van der Waals surface area contributed by atoms with E-state index in [4.69, 9.17) is 0 Å². The number of benzene rings is 11. The van der Waals surface area contributed by atoms with Crippen LogP contribution in [0, 0.1) is 0 Å². The predicted octanol–water partition coefficient (Wildman–Crippen LogP) is 17.2. The number of hydrogen-bond acceptors (Lipinski definition) is 1. The Labute approximate surface area is 373 Å². The lowest BCUT2D eigenvalue weighted by atomic mass is 9.91. The summed E-state index contributed by atoms with van der Waals surface area (Å²) in [6.07, 6.45) is 0. The summed E-state index contributed by atoms with van der Waals surface area (Å²) in [4.78, 5) is 2.39. The normalized spacial score (nSPS) is 11.4. The lowest BCUT2D eigenvalue weighted by Crippen LogP contribution is -2.10. The van der Waals surface area contributed by atoms with E-state index in [1.165, 1.54) is 82.3 Å². The third kappa shape index (κ3) is 6.52. The van der Waals surface area contributed by atoms with Crippen LogP contribution < -0.4 is 4.90 Å². The highest BCUT2D eigenvalue weighted by molar-refractivity contribution is 6.09. The minimum Gasteiger partial charge on any atom is -0.310 e. The molecule has 11 aromatic carbocycles. The van der Waals surface area contributed by atoms with Crippen LogP contribution in [0.5, 0.6) is 0 Å². The van der Waals surface area contributed by atoms with E-state index in [9.17, 15) is 0 Å². The van der Waals surface area contributed by atoms with Crippen LogP contribution in [0.3, 0.4) is 0 Å². The highest BCUT2D eigenvalue weighted by atomic mass is 15.1. The lowest BCUT2D eigenvalue weighted by molar-refractivity contribution is 1.18. The van der Waals surface area contributed by atoms with E-state index in [1.807, 2.05) is 0 Å². The molecule has 0 aliphatic carbocycles. The van der Waals surface area contributed by atoms with Gasteiger partial charge in [0, 0.05) is 33.5 Å². The molecule has 2 heteroatoms. The van der Waals surface area contributed by atoms with E-state index in [0.29, 0.717) is 0 Å². The molecule has 2 nitrogen and oxygen atoms in total. The fourth-order valence-corrected chi connectivity index (χ4v) is 9.79. The second-order valence-corrected chi connectivity index (χ2v) is 16.5. The number of fused-ring (bicyclic) bond motifs is 5. The maximum atomic E-state index is 2.39. The van der Waals surface area contributed by atoms with Gasteiger partial charge in [0.15, 0.2) is 0 Å². The Bertz CT molecular complexity index is 3590. The summed E-state index contributed by atoms with van der Waals surface area (Å²) in [5.74, 6) is 0. The van der Waals surface area contributed by atoms with E-state index in [-0.39, 0.29) is 0 Å². The number of hydrogen-bond donors (Lipinski definition) is 0. The van der Waals surface area contributed by atoms with Gasteiger partial charge in [-0.05, 0) is 127 Å². The average Bonchev–Trinajstić information content (AvgIpc) is 3.71. The zero-order chi connectivity index (χ0) is 42.4. The molecule has 1 aromatic heterocycles. The molecule has 0 fully saturated rings. The van der Waals surface area contributed by atoms with Crippen molar-refractivity contribution in [3.05, 3.63) is 255 Å². The Hall–Kier alpha value is -8.46. The first kappa shape index (κ1) is 37.3. The van der Waals surface area contributed by atoms with Crippen molar-refractivity contribution in [1.82, 2.24) is 4.57 Å². The van der Waals surface area contributed by atoms with Crippen molar-refractivity contribution in [2.24, 2.45) is 0 Å². The molecule has 64 heavy (non-hydrogen) atoms. The first-order valence-corrected chi connectivity index (χ1v) is 22.0. The SMILES string of the molecule is c1ccc(-c2cccc3cccc(-c4cccc(N(c5ccc(-c6cccc(-n7c8ccccc8c8ccccc87)c6)cc5)c5ccc(-c6cccc7ccccc67)cc5)c4)c23)cc1. The standard InChI is InChI=1S/C62H42N2/c1-2-15-45(16-3-1)56-29-13-19-47-20-14-30-57(62(47)56)49-22-11-23-52(42-49)63(51-39-35-46(36-40-51)55-28-12-18-44-17-4-5-25-54(44)55)50-37-33-43(34-38-50)48-21-10-24-53(41-48)64-60-31-8-6-26-58(60)59-27-7-9-32-61(59)64/h1-42H. The number of aromatic nitrogens is 1. The van der Waals surface area contributed by atoms with E-state index in [0.717, 1.165) is 28.3 Å². The van der Waals surface area contributed by atoms with Crippen LogP contribution in [0.15, 0.2) is 255 Å². The highest BCUT2D eigenvalue weighted by Gasteiger charge is 2.18. The first-order chi connectivity index (χ1) is 31.7. The molecule has 0 saturated heterocycles. The van der Waals surface area contributed by atoms with E-state index in [2.05, 4.69) is 264 Å². The maximum absolute atomic E-state index is 2.39. The second-order valence-electron chi connectivity index (χ2n) is 16.5. The molecule has 0 atom stereocenters. The molecular formula is C62H42N2. The van der Waals surface area contributed by atoms with Crippen molar-refractivity contribution in [2.45, 2.75) is 0 Å². The van der Waals surface area contributed by atoms with Gasteiger partial charge in [-0.15, -0.1) is 0 Å². The van der Waals surface area contributed by atoms with Crippen LogP contribution in [-0.4, -0.2) is 4.57 Å². The number of para-hydroxylation sites is 2. The van der Waals surface area contributed by atoms with E-state index >= 15 is 0 Å². The van der Waals surface area contributed by atoms with E-state index < -0.39 is 0 Å². The van der Waals surface area contributed by atoms with Gasteiger partial charge in [-0.1, -0.05) is 194 Å². The summed E-state index contributed by atoms with van der Waals surface area (Å²) in [6, 6.07) is 92.6. The summed E-state index contributed by atoms with van der Waals surface area (Å²) in [7, 11) is 0. The number of nitrogens with zero attached hydrogens (tertiary/aromatic N) is 2. The summed E-state index contributed by atoms with van der Waals surface area (Å²) in [6.45, 7) is 0. The Kier molecular flexibility index (Phi) is 9.20. The van der Waals surface area contributed by atoms with Crippen molar-refractivity contribution in [1.29, 1.82) is 0 Å². The van der Waals surface area contributed by atoms with E-state index in [1.54, 1.807) is 0 Å². The molecule has 0 N–H and O–H groups in total. The molecule has 1 heterocycles. The highest BCUT2D eigenvalue weighted by Crippen LogP contribution is 2.42. The van der Waals surface area contributed by atoms with Crippen LogP contribution >= 0.6 is 0 Å². The molecule has 0 spiro atoms. The zero-order valence-corrected chi connectivity index (χ0v) is 35.1. The molecule has 12 aromatic rings. The zero-order valence-electron chi connectivity index (χ0n) is 35.1. The molecule has 0 saturated carbocycles. The summed E-state index contributed by atoms with van der Waals surface area (Å²) in [5.41, 5.74) is 16.4. The summed E-state index contributed by atoms with van der Waals surface area (Å²) >= 11 is 0. The third-order valence-corrected chi connectivity index (χ3v) is 12.8. The molecule has 12 rings (SSSR count). The maximum Gasteiger partial charge on any atom is 0.0541 e. The van der Waals surface area contributed by atoms with Crippen LogP contribution in [-0.2, 0) is 0 Å². The third-order valence-electron chi connectivity index (χ3n) is 12.8. The molecule has 0 radical (unpaired) electrons. The smallest absolute Gasteiger partial charge is 0.0541 e. The molecule has 0 amide bonds. The molecule has 0 unspecified atom stereocenters. The predicted molar refractivity (Wildman–Crippen MR) is 272 cm³/mol. The van der Waals surface area contributed by atoms with Gasteiger partial charge in [-0.2, -0.15) is 0 Å². The monoisotopic (exact) mass is 814 g/mol. The Morgan fingerprint density at radius 2 is 0.750 bits per heavy atom. The minimum atomic E-state index is 1.08. The number of rotatable bonds is 8. The molecule has 0 aliphatic rings. The summed E-state index contributed by atoms with van der Waals surface area (Å²) in [5, 5.41) is 7.51. The van der Waals surface area contributed by atoms with Crippen LogP contribution in [0.25, 0.3) is 93.5 Å². The van der Waals surface area contributed by atoms with Gasteiger partial charge < -0.3 is 9.47 Å². The van der Waals surface area contributed by atoms with Crippen LogP contribution in [0.4, 0.5) is 17.1 Å². The largest absolute Gasteiger partial charge is 0.310 e. The molecule has 300 valence electrons. The van der Waals surface area contributed by atoms with Gasteiger partial charge in [0.2, 0.25) is 0 Å². The van der Waals surface area contributed by atoms with Gasteiger partial charge in [0.1, 0.15) is 0 Å². The fraction of sp³-hybridized carbons (Fsp3) is 0.